The van der Waals surface area contributed by atoms with Gasteiger partial charge in [0.1, 0.15) is 23.4 Å². The maximum absolute atomic E-state index is 14.2. The van der Waals surface area contributed by atoms with Crippen molar-refractivity contribution in [2.45, 2.75) is 25.6 Å². The van der Waals surface area contributed by atoms with Crippen LogP contribution in [0.15, 0.2) is 24.3 Å². The minimum atomic E-state index is -2.94. The first-order valence-corrected chi connectivity index (χ1v) is 7.70. The van der Waals surface area contributed by atoms with Gasteiger partial charge in [0, 0.05) is 17.2 Å². The molecule has 5 nitrogen and oxygen atoms in total. The Morgan fingerprint density at radius 1 is 1.31 bits per heavy atom. The van der Waals surface area contributed by atoms with Crippen molar-refractivity contribution in [1.82, 2.24) is 4.98 Å². The first-order chi connectivity index (χ1) is 12.3. The van der Waals surface area contributed by atoms with Crippen LogP contribution >= 0.6 is 0 Å². The van der Waals surface area contributed by atoms with E-state index in [4.69, 9.17) is 10.5 Å². The molecule has 1 aliphatic heterocycles. The van der Waals surface area contributed by atoms with E-state index in [1.165, 1.54) is 12.1 Å². The number of amides is 1. The SMILES string of the molecule is NC(=O)c1cc(-c2ccc(F)cc2F)c2c(n1)OC(COC(F)F)CC2. The normalized spacial score (nSPS) is 16.3. The van der Waals surface area contributed by atoms with Crippen LogP contribution in [0.2, 0.25) is 0 Å². The van der Waals surface area contributed by atoms with Gasteiger partial charge in [0.2, 0.25) is 5.88 Å². The third-order valence-electron chi connectivity index (χ3n) is 3.96. The van der Waals surface area contributed by atoms with Gasteiger partial charge in [-0.15, -0.1) is 0 Å². The van der Waals surface area contributed by atoms with E-state index in [-0.39, 0.29) is 29.3 Å². The third-order valence-corrected chi connectivity index (χ3v) is 3.96. The number of pyridine rings is 1. The Bertz CT molecular complexity index is 845. The second-order valence-electron chi connectivity index (χ2n) is 5.70. The second-order valence-corrected chi connectivity index (χ2v) is 5.70. The summed E-state index contributed by atoms with van der Waals surface area (Å²) < 4.78 is 61.5. The van der Waals surface area contributed by atoms with Gasteiger partial charge in [-0.25, -0.2) is 13.8 Å². The highest BCUT2D eigenvalue weighted by molar-refractivity contribution is 5.93. The summed E-state index contributed by atoms with van der Waals surface area (Å²) >= 11 is 0. The molecule has 0 bridgehead atoms. The number of nitrogens with zero attached hydrogens (tertiary/aromatic N) is 1. The Labute approximate surface area is 145 Å². The molecule has 0 saturated heterocycles. The molecular formula is C17H14F4N2O3. The van der Waals surface area contributed by atoms with E-state index in [0.717, 1.165) is 12.1 Å². The number of primary amides is 1. The summed E-state index contributed by atoms with van der Waals surface area (Å²) in [5.41, 5.74) is 5.89. The number of fused-ring (bicyclic) bond motifs is 1. The van der Waals surface area contributed by atoms with E-state index >= 15 is 0 Å². The molecule has 1 unspecified atom stereocenters. The van der Waals surface area contributed by atoms with Crippen LogP contribution in [0.3, 0.4) is 0 Å². The third kappa shape index (κ3) is 3.77. The summed E-state index contributed by atoms with van der Waals surface area (Å²) in [5.74, 6) is -2.44. The van der Waals surface area contributed by atoms with Gasteiger partial charge in [0.15, 0.2) is 0 Å². The molecule has 0 fully saturated rings. The molecule has 2 heterocycles. The minimum absolute atomic E-state index is 0.00542. The first kappa shape index (κ1) is 18.1. The molecule has 0 aliphatic carbocycles. The highest BCUT2D eigenvalue weighted by Crippen LogP contribution is 2.36. The van der Waals surface area contributed by atoms with Gasteiger partial charge >= 0.3 is 6.61 Å². The number of halogens is 4. The maximum atomic E-state index is 14.2. The zero-order valence-corrected chi connectivity index (χ0v) is 13.3. The predicted molar refractivity (Wildman–Crippen MR) is 82.8 cm³/mol. The minimum Gasteiger partial charge on any atom is -0.472 e. The summed E-state index contributed by atoms with van der Waals surface area (Å²) in [4.78, 5) is 15.5. The number of ether oxygens (including phenoxy) is 2. The Kier molecular flexibility index (Phi) is 5.08. The molecule has 0 spiro atoms. The molecule has 0 radical (unpaired) electrons. The first-order valence-electron chi connectivity index (χ1n) is 7.70. The smallest absolute Gasteiger partial charge is 0.345 e. The number of nitrogens with two attached hydrogens (primary N) is 1. The van der Waals surface area contributed by atoms with Crippen LogP contribution in [0.25, 0.3) is 11.1 Å². The van der Waals surface area contributed by atoms with Gasteiger partial charge < -0.3 is 15.2 Å². The average Bonchev–Trinajstić information content (AvgIpc) is 2.58. The molecule has 26 heavy (non-hydrogen) atoms. The van der Waals surface area contributed by atoms with Crippen LogP contribution in [-0.2, 0) is 11.2 Å². The fourth-order valence-electron chi connectivity index (χ4n) is 2.78. The lowest BCUT2D eigenvalue weighted by molar-refractivity contribution is -0.146. The van der Waals surface area contributed by atoms with Crippen LogP contribution in [0.1, 0.15) is 22.5 Å². The Balaban J connectivity index is 2.02. The lowest BCUT2D eigenvalue weighted by Gasteiger charge is -2.27. The quantitative estimate of drug-likeness (QED) is 0.821. The van der Waals surface area contributed by atoms with E-state index in [9.17, 15) is 22.4 Å². The van der Waals surface area contributed by atoms with E-state index in [1.807, 2.05) is 0 Å². The van der Waals surface area contributed by atoms with E-state index in [2.05, 4.69) is 9.72 Å². The highest BCUT2D eigenvalue weighted by Gasteiger charge is 2.27. The van der Waals surface area contributed by atoms with Crippen molar-refractivity contribution in [3.05, 3.63) is 47.2 Å². The molecule has 1 aliphatic rings. The number of carbonyl (C=O) groups is 1. The molecule has 3 rings (SSSR count). The van der Waals surface area contributed by atoms with E-state index in [1.54, 1.807) is 0 Å². The molecule has 1 aromatic carbocycles. The number of hydrogen-bond acceptors (Lipinski definition) is 4. The number of benzene rings is 1. The van der Waals surface area contributed by atoms with E-state index in [0.29, 0.717) is 18.4 Å². The summed E-state index contributed by atoms with van der Waals surface area (Å²) in [6, 6.07) is 4.33. The van der Waals surface area contributed by atoms with Crippen LogP contribution in [-0.4, -0.2) is 30.2 Å². The lowest BCUT2D eigenvalue weighted by atomic mass is 9.94. The summed E-state index contributed by atoms with van der Waals surface area (Å²) in [6.07, 6.45) is -0.0455. The largest absolute Gasteiger partial charge is 0.472 e. The fourth-order valence-corrected chi connectivity index (χ4v) is 2.78. The zero-order valence-electron chi connectivity index (χ0n) is 13.3. The summed E-state index contributed by atoms with van der Waals surface area (Å²) in [5, 5.41) is 0. The molecule has 2 N–H and O–H groups in total. The zero-order chi connectivity index (χ0) is 18.8. The molecule has 138 valence electrons. The molecular weight excluding hydrogens is 356 g/mol. The van der Waals surface area contributed by atoms with Crippen molar-refractivity contribution in [1.29, 1.82) is 0 Å². The summed E-state index contributed by atoms with van der Waals surface area (Å²) in [7, 11) is 0. The predicted octanol–water partition coefficient (Wildman–Crippen LogP) is 3.06. The number of hydrogen-bond donors (Lipinski definition) is 1. The van der Waals surface area contributed by atoms with Crippen molar-refractivity contribution < 1.29 is 31.8 Å². The van der Waals surface area contributed by atoms with Crippen LogP contribution < -0.4 is 10.5 Å². The second kappa shape index (κ2) is 7.28. The van der Waals surface area contributed by atoms with Gasteiger partial charge in [-0.3, -0.25) is 4.79 Å². The van der Waals surface area contributed by atoms with Crippen molar-refractivity contribution in [3.8, 4) is 17.0 Å². The van der Waals surface area contributed by atoms with Gasteiger partial charge in [-0.2, -0.15) is 8.78 Å². The molecule has 0 saturated carbocycles. The molecule has 1 aromatic heterocycles. The molecule has 1 amide bonds. The Hall–Kier alpha value is -2.68. The fraction of sp³-hybridized carbons (Fsp3) is 0.294. The van der Waals surface area contributed by atoms with Crippen molar-refractivity contribution in [3.63, 3.8) is 0 Å². The topological polar surface area (TPSA) is 74.4 Å². The van der Waals surface area contributed by atoms with Gasteiger partial charge in [-0.1, -0.05) is 0 Å². The average molecular weight is 370 g/mol. The van der Waals surface area contributed by atoms with Crippen LogP contribution in [0.5, 0.6) is 5.88 Å². The number of aromatic nitrogens is 1. The van der Waals surface area contributed by atoms with Crippen LogP contribution in [0, 0.1) is 11.6 Å². The molecule has 2 aromatic rings. The maximum Gasteiger partial charge on any atom is 0.345 e. The Morgan fingerprint density at radius 2 is 2.08 bits per heavy atom. The van der Waals surface area contributed by atoms with Crippen LogP contribution in [0.4, 0.5) is 17.6 Å². The Morgan fingerprint density at radius 3 is 2.73 bits per heavy atom. The number of rotatable bonds is 5. The van der Waals surface area contributed by atoms with Crippen molar-refractivity contribution in [2.24, 2.45) is 5.73 Å². The van der Waals surface area contributed by atoms with E-state index < -0.39 is 30.3 Å². The van der Waals surface area contributed by atoms with Gasteiger partial charge in [0.25, 0.3) is 5.91 Å². The molecule has 1 atom stereocenters. The standard InChI is InChI=1S/C17H14F4N2O3/c18-8-1-3-10(13(19)5-8)12-6-14(15(22)24)23-16-11(12)4-2-9(26-16)7-25-17(20)21/h1,3,5-6,9,17H,2,4,7H2,(H2,22,24). The van der Waals surface area contributed by atoms with Gasteiger partial charge in [0.05, 0.1) is 6.61 Å². The lowest BCUT2D eigenvalue weighted by Crippen LogP contribution is -2.30. The summed E-state index contributed by atoms with van der Waals surface area (Å²) in [6.45, 7) is -3.30. The number of alkyl halides is 2. The molecule has 9 heteroatoms. The number of carbonyl (C=O) groups excluding carboxylic acids is 1. The van der Waals surface area contributed by atoms with Gasteiger partial charge in [-0.05, 0) is 36.6 Å². The van der Waals surface area contributed by atoms with Crippen molar-refractivity contribution >= 4 is 5.91 Å². The highest BCUT2D eigenvalue weighted by atomic mass is 19.3. The monoisotopic (exact) mass is 370 g/mol. The van der Waals surface area contributed by atoms with Crippen molar-refractivity contribution in [2.75, 3.05) is 6.61 Å².